The van der Waals surface area contributed by atoms with E-state index in [-0.39, 0.29) is 11.3 Å². The molecular weight excluding hydrogens is 452 g/mol. The number of carbonyl (C=O) groups excluding carboxylic acids is 1. The van der Waals surface area contributed by atoms with Gasteiger partial charge in [0.25, 0.3) is 11.6 Å². The zero-order valence-electron chi connectivity index (χ0n) is 18.5. The third kappa shape index (κ3) is 4.35. The SMILES string of the molecule is Cc1cc(-c2nc3ccccc3s2)ccc1NC(=O)c1ccc(N2CCOCC2)c([N+](=O)[O-])c1. The summed E-state index contributed by atoms with van der Waals surface area (Å²) in [6.07, 6.45) is 0. The number of anilines is 2. The third-order valence-electron chi connectivity index (χ3n) is 5.80. The molecule has 5 rings (SSSR count). The summed E-state index contributed by atoms with van der Waals surface area (Å²) in [6, 6.07) is 18.3. The van der Waals surface area contributed by atoms with Crippen molar-refractivity contribution in [3.05, 3.63) is 81.9 Å². The van der Waals surface area contributed by atoms with E-state index in [1.54, 1.807) is 23.5 Å². The number of hydrogen-bond donors (Lipinski definition) is 1. The van der Waals surface area contributed by atoms with Crippen LogP contribution in [0.3, 0.4) is 0 Å². The van der Waals surface area contributed by atoms with E-state index in [4.69, 9.17) is 9.72 Å². The first-order chi connectivity index (χ1) is 16.5. The summed E-state index contributed by atoms with van der Waals surface area (Å²) in [6.45, 7) is 4.10. The summed E-state index contributed by atoms with van der Waals surface area (Å²) >= 11 is 1.62. The van der Waals surface area contributed by atoms with Crippen molar-refractivity contribution in [2.45, 2.75) is 6.92 Å². The monoisotopic (exact) mass is 474 g/mol. The van der Waals surface area contributed by atoms with Gasteiger partial charge in [0.1, 0.15) is 10.7 Å². The quantitative estimate of drug-likeness (QED) is 0.313. The average Bonchev–Trinajstić information content (AvgIpc) is 3.30. The Morgan fingerprint density at radius 2 is 1.91 bits per heavy atom. The normalized spacial score (nSPS) is 13.7. The number of carbonyl (C=O) groups is 1. The molecule has 34 heavy (non-hydrogen) atoms. The molecule has 0 aliphatic carbocycles. The second kappa shape index (κ2) is 9.20. The number of para-hydroxylation sites is 1. The molecule has 1 saturated heterocycles. The van der Waals surface area contributed by atoms with E-state index >= 15 is 0 Å². The lowest BCUT2D eigenvalue weighted by Crippen LogP contribution is -2.36. The van der Waals surface area contributed by atoms with E-state index < -0.39 is 10.8 Å². The van der Waals surface area contributed by atoms with Crippen molar-refractivity contribution in [3.8, 4) is 10.6 Å². The molecule has 0 radical (unpaired) electrons. The molecule has 2 heterocycles. The number of nitro benzene ring substituents is 1. The Labute approximate surface area is 200 Å². The Morgan fingerprint density at radius 1 is 1.12 bits per heavy atom. The molecule has 3 aromatic carbocycles. The molecule has 0 unspecified atom stereocenters. The zero-order chi connectivity index (χ0) is 23.7. The van der Waals surface area contributed by atoms with Crippen LogP contribution in [0.2, 0.25) is 0 Å². The van der Waals surface area contributed by atoms with E-state index in [1.165, 1.54) is 6.07 Å². The summed E-state index contributed by atoms with van der Waals surface area (Å²) in [4.78, 5) is 30.8. The number of rotatable bonds is 5. The number of nitrogens with zero attached hydrogens (tertiary/aromatic N) is 3. The van der Waals surface area contributed by atoms with Gasteiger partial charge in [0.2, 0.25) is 0 Å². The molecule has 172 valence electrons. The van der Waals surface area contributed by atoms with Gasteiger partial charge in [0, 0.05) is 36.0 Å². The Balaban J connectivity index is 1.37. The fraction of sp³-hybridized carbons (Fsp3) is 0.200. The van der Waals surface area contributed by atoms with Gasteiger partial charge in [-0.1, -0.05) is 12.1 Å². The molecule has 9 heteroatoms. The summed E-state index contributed by atoms with van der Waals surface area (Å²) < 4.78 is 6.45. The van der Waals surface area contributed by atoms with Gasteiger partial charge in [-0.15, -0.1) is 11.3 Å². The maximum absolute atomic E-state index is 12.9. The van der Waals surface area contributed by atoms with Gasteiger partial charge in [0.15, 0.2) is 0 Å². The molecule has 1 amide bonds. The van der Waals surface area contributed by atoms with E-state index in [0.717, 1.165) is 26.4 Å². The van der Waals surface area contributed by atoms with E-state index in [2.05, 4.69) is 5.32 Å². The number of aryl methyl sites for hydroxylation is 1. The lowest BCUT2D eigenvalue weighted by atomic mass is 10.1. The van der Waals surface area contributed by atoms with Gasteiger partial charge in [-0.25, -0.2) is 4.98 Å². The minimum atomic E-state index is -0.445. The minimum Gasteiger partial charge on any atom is -0.378 e. The maximum Gasteiger partial charge on any atom is 0.293 e. The molecule has 0 spiro atoms. The lowest BCUT2D eigenvalue weighted by Gasteiger charge is -2.28. The smallest absolute Gasteiger partial charge is 0.293 e. The van der Waals surface area contributed by atoms with Crippen LogP contribution in [0.5, 0.6) is 0 Å². The van der Waals surface area contributed by atoms with Gasteiger partial charge in [-0.2, -0.15) is 0 Å². The first kappa shape index (κ1) is 22.0. The molecule has 0 bridgehead atoms. The number of amides is 1. The standard InChI is InChI=1S/C25H22N4O4S/c1-16-14-18(25-27-20-4-2-3-5-23(20)34-25)6-8-19(16)26-24(30)17-7-9-21(22(15-17)29(31)32)28-10-12-33-13-11-28/h2-9,14-15H,10-13H2,1H3,(H,26,30). The number of benzene rings is 3. The van der Waals surface area contributed by atoms with Crippen LogP contribution >= 0.6 is 11.3 Å². The van der Waals surface area contributed by atoms with Crippen molar-refractivity contribution in [2.75, 3.05) is 36.5 Å². The Bertz CT molecular complexity index is 1360. The van der Waals surface area contributed by atoms with Crippen LogP contribution in [0, 0.1) is 17.0 Å². The Morgan fingerprint density at radius 3 is 2.65 bits per heavy atom. The first-order valence-corrected chi connectivity index (χ1v) is 11.7. The summed E-state index contributed by atoms with van der Waals surface area (Å²) in [5.74, 6) is -0.396. The van der Waals surface area contributed by atoms with Crippen LogP contribution in [0.15, 0.2) is 60.7 Å². The van der Waals surface area contributed by atoms with Gasteiger partial charge in [-0.05, 0) is 55.0 Å². The van der Waals surface area contributed by atoms with Gasteiger partial charge >= 0.3 is 0 Å². The van der Waals surface area contributed by atoms with Crippen LogP contribution in [0.25, 0.3) is 20.8 Å². The molecule has 0 atom stereocenters. The van der Waals surface area contributed by atoms with E-state index in [9.17, 15) is 14.9 Å². The second-order valence-electron chi connectivity index (χ2n) is 8.03. The highest BCUT2D eigenvalue weighted by Crippen LogP contribution is 2.33. The largest absolute Gasteiger partial charge is 0.378 e. The average molecular weight is 475 g/mol. The van der Waals surface area contributed by atoms with Gasteiger partial charge in [0.05, 0.1) is 28.4 Å². The van der Waals surface area contributed by atoms with Gasteiger partial charge in [-0.3, -0.25) is 14.9 Å². The summed E-state index contributed by atoms with van der Waals surface area (Å²) in [7, 11) is 0. The third-order valence-corrected chi connectivity index (χ3v) is 6.89. The van der Waals surface area contributed by atoms with E-state index in [1.807, 2.05) is 54.3 Å². The number of nitrogens with one attached hydrogen (secondary N) is 1. The highest BCUT2D eigenvalue weighted by Gasteiger charge is 2.23. The number of fused-ring (bicyclic) bond motifs is 1. The van der Waals surface area contributed by atoms with Crippen molar-refractivity contribution in [1.29, 1.82) is 0 Å². The minimum absolute atomic E-state index is 0.0857. The Kier molecular flexibility index (Phi) is 5.95. The molecular formula is C25H22N4O4S. The lowest BCUT2D eigenvalue weighted by molar-refractivity contribution is -0.384. The predicted octanol–water partition coefficient (Wildman–Crippen LogP) is 5.27. The zero-order valence-corrected chi connectivity index (χ0v) is 19.3. The van der Waals surface area contributed by atoms with Crippen molar-refractivity contribution in [3.63, 3.8) is 0 Å². The van der Waals surface area contributed by atoms with Crippen molar-refractivity contribution < 1.29 is 14.5 Å². The number of aromatic nitrogens is 1. The van der Waals surface area contributed by atoms with Crippen LogP contribution in [-0.4, -0.2) is 42.1 Å². The highest BCUT2D eigenvalue weighted by molar-refractivity contribution is 7.21. The molecule has 1 N–H and O–H groups in total. The predicted molar refractivity (Wildman–Crippen MR) is 134 cm³/mol. The van der Waals surface area contributed by atoms with Crippen LogP contribution in [0.4, 0.5) is 17.1 Å². The number of hydrogen-bond acceptors (Lipinski definition) is 7. The molecule has 1 fully saturated rings. The molecule has 0 saturated carbocycles. The molecule has 8 nitrogen and oxygen atoms in total. The number of ether oxygens (including phenoxy) is 1. The van der Waals surface area contributed by atoms with Crippen LogP contribution < -0.4 is 10.2 Å². The fourth-order valence-electron chi connectivity index (χ4n) is 4.01. The summed E-state index contributed by atoms with van der Waals surface area (Å²) in [5.41, 5.74) is 4.11. The first-order valence-electron chi connectivity index (χ1n) is 10.9. The highest BCUT2D eigenvalue weighted by atomic mass is 32.1. The topological polar surface area (TPSA) is 97.6 Å². The van der Waals surface area contributed by atoms with Gasteiger partial charge < -0.3 is 15.0 Å². The molecule has 4 aromatic rings. The number of thiazole rings is 1. The second-order valence-corrected chi connectivity index (χ2v) is 9.06. The summed E-state index contributed by atoms with van der Waals surface area (Å²) in [5, 5.41) is 15.5. The van der Waals surface area contributed by atoms with Crippen molar-refractivity contribution in [2.24, 2.45) is 0 Å². The fourth-order valence-corrected chi connectivity index (χ4v) is 4.97. The molecule has 1 aromatic heterocycles. The molecule has 1 aliphatic rings. The Hall–Kier alpha value is -3.82. The van der Waals surface area contributed by atoms with Crippen molar-refractivity contribution >= 4 is 44.5 Å². The maximum atomic E-state index is 12.9. The number of morpholine rings is 1. The number of nitro groups is 1. The van der Waals surface area contributed by atoms with E-state index in [0.29, 0.717) is 37.7 Å². The van der Waals surface area contributed by atoms with Crippen LogP contribution in [-0.2, 0) is 4.74 Å². The van der Waals surface area contributed by atoms with Crippen molar-refractivity contribution in [1.82, 2.24) is 4.98 Å². The molecule has 1 aliphatic heterocycles. The van der Waals surface area contributed by atoms with Crippen LogP contribution in [0.1, 0.15) is 15.9 Å².